The number of anilines is 1. The molecule has 2 unspecified atom stereocenters. The molecule has 0 bridgehead atoms. The maximum absolute atomic E-state index is 10.6. The first-order chi connectivity index (χ1) is 8.65. The normalized spacial score (nSPS) is 23.6. The third-order valence-corrected chi connectivity index (χ3v) is 3.04. The van der Waals surface area contributed by atoms with Crippen molar-refractivity contribution in [3.8, 4) is 0 Å². The summed E-state index contributed by atoms with van der Waals surface area (Å²) in [5, 5.41) is 11.9. The van der Waals surface area contributed by atoms with Crippen LogP contribution in [0.1, 0.15) is 30.3 Å². The van der Waals surface area contributed by atoms with Crippen molar-refractivity contribution >= 4 is 11.8 Å². The Labute approximate surface area is 105 Å². The molecule has 1 aromatic rings. The Morgan fingerprint density at radius 2 is 2.39 bits per heavy atom. The van der Waals surface area contributed by atoms with Crippen molar-refractivity contribution in [2.75, 3.05) is 18.5 Å². The Kier molecular flexibility index (Phi) is 4.09. The first-order valence-corrected chi connectivity index (χ1v) is 6.06. The molecule has 6 nitrogen and oxygen atoms in total. The molecular formula is C12H17N3O3. The number of nitrogens with zero attached hydrogens (tertiary/aromatic N) is 2. The van der Waals surface area contributed by atoms with Crippen molar-refractivity contribution in [2.24, 2.45) is 5.92 Å². The lowest BCUT2D eigenvalue weighted by Gasteiger charge is -2.27. The van der Waals surface area contributed by atoms with E-state index in [0.29, 0.717) is 17.8 Å². The molecule has 0 aromatic carbocycles. The monoisotopic (exact) mass is 251 g/mol. The summed E-state index contributed by atoms with van der Waals surface area (Å²) in [6.07, 6.45) is 5.10. The Morgan fingerprint density at radius 3 is 3.00 bits per heavy atom. The zero-order valence-corrected chi connectivity index (χ0v) is 10.3. The number of hydrogen-bond acceptors (Lipinski definition) is 5. The van der Waals surface area contributed by atoms with E-state index < -0.39 is 5.97 Å². The number of ether oxygens (including phenoxy) is 1. The van der Waals surface area contributed by atoms with E-state index in [1.165, 1.54) is 12.4 Å². The van der Waals surface area contributed by atoms with E-state index in [-0.39, 0.29) is 5.69 Å². The molecule has 1 aliphatic heterocycles. The molecule has 1 aliphatic rings. The van der Waals surface area contributed by atoms with Crippen LogP contribution in [0.15, 0.2) is 12.4 Å². The molecule has 0 saturated carbocycles. The zero-order valence-electron chi connectivity index (χ0n) is 10.3. The van der Waals surface area contributed by atoms with E-state index in [0.717, 1.165) is 26.0 Å². The fourth-order valence-corrected chi connectivity index (χ4v) is 2.06. The van der Waals surface area contributed by atoms with E-state index in [9.17, 15) is 4.79 Å². The largest absolute Gasteiger partial charge is 0.476 e. The highest BCUT2D eigenvalue weighted by molar-refractivity contribution is 5.84. The highest BCUT2D eigenvalue weighted by Crippen LogP contribution is 2.20. The summed E-state index contributed by atoms with van der Waals surface area (Å²) < 4.78 is 5.48. The van der Waals surface area contributed by atoms with Crippen LogP contribution in [0.3, 0.4) is 0 Å². The third-order valence-electron chi connectivity index (χ3n) is 3.04. The molecule has 0 spiro atoms. The second-order valence-electron chi connectivity index (χ2n) is 4.54. The minimum atomic E-state index is -1.06. The summed E-state index contributed by atoms with van der Waals surface area (Å²) in [5.41, 5.74) is -0.0414. The number of carbonyl (C=O) groups is 1. The minimum absolute atomic E-state index is 0.0414. The average Bonchev–Trinajstić information content (AvgIpc) is 2.37. The van der Waals surface area contributed by atoms with Crippen LogP contribution in [0.25, 0.3) is 0 Å². The molecule has 18 heavy (non-hydrogen) atoms. The van der Waals surface area contributed by atoms with Crippen LogP contribution in [-0.4, -0.2) is 40.3 Å². The van der Waals surface area contributed by atoms with Gasteiger partial charge in [-0.1, -0.05) is 0 Å². The second kappa shape index (κ2) is 5.77. The van der Waals surface area contributed by atoms with Crippen LogP contribution < -0.4 is 5.32 Å². The van der Waals surface area contributed by atoms with Crippen molar-refractivity contribution < 1.29 is 14.6 Å². The number of aromatic nitrogens is 2. The van der Waals surface area contributed by atoms with Gasteiger partial charge in [0.25, 0.3) is 0 Å². The Morgan fingerprint density at radius 1 is 1.56 bits per heavy atom. The van der Waals surface area contributed by atoms with Gasteiger partial charge in [-0.25, -0.2) is 14.8 Å². The van der Waals surface area contributed by atoms with Crippen molar-refractivity contribution in [1.82, 2.24) is 9.97 Å². The molecule has 98 valence electrons. The lowest BCUT2D eigenvalue weighted by molar-refractivity contribution is 0.00556. The fraction of sp³-hybridized carbons (Fsp3) is 0.583. The van der Waals surface area contributed by atoms with Gasteiger partial charge < -0.3 is 15.2 Å². The van der Waals surface area contributed by atoms with Gasteiger partial charge in [0.05, 0.1) is 18.5 Å². The highest BCUT2D eigenvalue weighted by atomic mass is 16.5. The van der Waals surface area contributed by atoms with Gasteiger partial charge in [-0.15, -0.1) is 0 Å². The van der Waals surface area contributed by atoms with Crippen LogP contribution in [0, 0.1) is 5.92 Å². The van der Waals surface area contributed by atoms with Crippen LogP contribution in [0.2, 0.25) is 0 Å². The summed E-state index contributed by atoms with van der Waals surface area (Å²) in [7, 11) is 0. The molecule has 0 aliphatic carbocycles. The number of aromatic carboxylic acids is 1. The fourth-order valence-electron chi connectivity index (χ4n) is 2.06. The molecule has 6 heteroatoms. The van der Waals surface area contributed by atoms with E-state index in [2.05, 4.69) is 22.2 Å². The van der Waals surface area contributed by atoms with Crippen molar-refractivity contribution in [1.29, 1.82) is 0 Å². The van der Waals surface area contributed by atoms with Gasteiger partial charge >= 0.3 is 5.97 Å². The highest BCUT2D eigenvalue weighted by Gasteiger charge is 2.19. The van der Waals surface area contributed by atoms with Gasteiger partial charge in [0.15, 0.2) is 5.69 Å². The van der Waals surface area contributed by atoms with E-state index in [4.69, 9.17) is 9.84 Å². The van der Waals surface area contributed by atoms with Crippen LogP contribution >= 0.6 is 0 Å². The Bertz CT molecular complexity index is 408. The maximum atomic E-state index is 10.6. The average molecular weight is 251 g/mol. The first-order valence-electron chi connectivity index (χ1n) is 6.06. The quantitative estimate of drug-likeness (QED) is 0.841. The van der Waals surface area contributed by atoms with Crippen molar-refractivity contribution in [3.63, 3.8) is 0 Å². The van der Waals surface area contributed by atoms with Gasteiger partial charge in [0.1, 0.15) is 5.82 Å². The van der Waals surface area contributed by atoms with Gasteiger partial charge in [0, 0.05) is 13.2 Å². The standard InChI is InChI=1S/C12H17N3O3/c1-8-4-9(2-3-18-8)5-14-11-7-13-10(6-15-11)12(16)17/h6-9H,2-5H2,1H3,(H,14,15)(H,16,17). The molecule has 2 heterocycles. The number of rotatable bonds is 4. The Hall–Kier alpha value is -1.69. The van der Waals surface area contributed by atoms with Crippen molar-refractivity contribution in [3.05, 3.63) is 18.1 Å². The number of nitrogens with one attached hydrogen (secondary N) is 1. The predicted octanol–water partition coefficient (Wildman–Crippen LogP) is 1.40. The summed E-state index contributed by atoms with van der Waals surface area (Å²) >= 11 is 0. The van der Waals surface area contributed by atoms with Crippen LogP contribution in [0.4, 0.5) is 5.82 Å². The topological polar surface area (TPSA) is 84.3 Å². The molecule has 2 atom stereocenters. The molecule has 1 fully saturated rings. The second-order valence-corrected chi connectivity index (χ2v) is 4.54. The summed E-state index contributed by atoms with van der Waals surface area (Å²) in [5.74, 6) is 0.112. The molecule has 1 saturated heterocycles. The summed E-state index contributed by atoms with van der Waals surface area (Å²) in [6.45, 7) is 3.69. The maximum Gasteiger partial charge on any atom is 0.356 e. The molecule has 1 aromatic heterocycles. The summed E-state index contributed by atoms with van der Waals surface area (Å²) in [4.78, 5) is 18.4. The lowest BCUT2D eigenvalue weighted by Crippen LogP contribution is -2.27. The number of carboxylic acid groups (broad SMARTS) is 1. The molecule has 0 amide bonds. The number of hydrogen-bond donors (Lipinski definition) is 2. The van der Waals surface area contributed by atoms with Gasteiger partial charge in [0.2, 0.25) is 0 Å². The van der Waals surface area contributed by atoms with E-state index >= 15 is 0 Å². The smallest absolute Gasteiger partial charge is 0.356 e. The van der Waals surface area contributed by atoms with Crippen LogP contribution in [-0.2, 0) is 4.74 Å². The Balaban J connectivity index is 1.84. The van der Waals surface area contributed by atoms with Crippen molar-refractivity contribution in [2.45, 2.75) is 25.9 Å². The number of carboxylic acids is 1. The zero-order chi connectivity index (χ0) is 13.0. The SMILES string of the molecule is CC1CC(CNc2cnc(C(=O)O)cn2)CCO1. The molecule has 2 N–H and O–H groups in total. The molecule has 0 radical (unpaired) electrons. The van der Waals surface area contributed by atoms with E-state index in [1.54, 1.807) is 0 Å². The lowest BCUT2D eigenvalue weighted by atomic mass is 9.96. The molecule has 2 rings (SSSR count). The third kappa shape index (κ3) is 3.40. The van der Waals surface area contributed by atoms with Gasteiger partial charge in [-0.3, -0.25) is 0 Å². The predicted molar refractivity (Wildman–Crippen MR) is 65.6 cm³/mol. The van der Waals surface area contributed by atoms with Crippen LogP contribution in [0.5, 0.6) is 0 Å². The van der Waals surface area contributed by atoms with Gasteiger partial charge in [-0.05, 0) is 25.7 Å². The van der Waals surface area contributed by atoms with E-state index in [1.807, 2.05) is 0 Å². The molecular weight excluding hydrogens is 234 g/mol. The summed E-state index contributed by atoms with van der Waals surface area (Å²) in [6, 6.07) is 0. The first kappa shape index (κ1) is 12.8. The van der Waals surface area contributed by atoms with Gasteiger partial charge in [-0.2, -0.15) is 0 Å². The minimum Gasteiger partial charge on any atom is -0.476 e.